The molecule has 2 aromatic heterocycles. The number of nitrogens with zero attached hydrogens (tertiary/aromatic N) is 2. The number of nitrogens with one attached hydrogen (secondary N) is 1. The molecule has 4 nitrogen and oxygen atoms in total. The second-order valence-electron chi connectivity index (χ2n) is 4.95. The van der Waals surface area contributed by atoms with E-state index in [1.54, 1.807) is 17.5 Å². The van der Waals surface area contributed by atoms with Gasteiger partial charge in [-0.1, -0.05) is 6.07 Å². The predicted octanol–water partition coefficient (Wildman–Crippen LogP) is 3.81. The van der Waals surface area contributed by atoms with Crippen LogP contribution in [0.25, 0.3) is 10.6 Å². The summed E-state index contributed by atoms with van der Waals surface area (Å²) >= 11 is 1.34. The Morgan fingerprint density at radius 3 is 2.86 bits per heavy atom. The third-order valence-corrected chi connectivity index (χ3v) is 4.19. The maximum atomic E-state index is 13.0. The maximum absolute atomic E-state index is 13.0. The van der Waals surface area contributed by atoms with Crippen molar-refractivity contribution in [1.29, 1.82) is 0 Å². The first kappa shape index (κ1) is 15.2. The van der Waals surface area contributed by atoms with Gasteiger partial charge in [-0.05, 0) is 30.4 Å². The molecule has 1 aliphatic rings. The first-order valence-electron chi connectivity index (χ1n) is 6.88. The van der Waals surface area contributed by atoms with Crippen LogP contribution in [-0.2, 0) is 10.9 Å². The monoisotopic (exact) mass is 329 g/mol. The van der Waals surface area contributed by atoms with Crippen molar-refractivity contribution in [3.05, 3.63) is 29.3 Å². The molecule has 22 heavy (non-hydrogen) atoms. The third kappa shape index (κ3) is 3.56. The lowest BCUT2D eigenvalue weighted by atomic mass is 10.2. The molecule has 0 spiro atoms. The number of hydrogen-bond donors (Lipinski definition) is 1. The van der Waals surface area contributed by atoms with E-state index in [0.717, 1.165) is 18.9 Å². The molecule has 0 saturated carbocycles. The van der Waals surface area contributed by atoms with E-state index in [1.807, 2.05) is 0 Å². The number of alkyl halides is 3. The van der Waals surface area contributed by atoms with E-state index in [2.05, 4.69) is 15.3 Å². The number of rotatable bonds is 4. The van der Waals surface area contributed by atoms with Crippen molar-refractivity contribution in [2.45, 2.75) is 25.1 Å². The van der Waals surface area contributed by atoms with E-state index < -0.39 is 11.9 Å². The summed E-state index contributed by atoms with van der Waals surface area (Å²) in [5.74, 6) is -0.0197. The van der Waals surface area contributed by atoms with Gasteiger partial charge in [0.15, 0.2) is 5.69 Å². The number of hydrogen-bond acceptors (Lipinski definition) is 5. The third-order valence-electron chi connectivity index (χ3n) is 3.30. The van der Waals surface area contributed by atoms with Crippen LogP contribution in [0.1, 0.15) is 18.5 Å². The highest BCUT2D eigenvalue weighted by Crippen LogP contribution is 2.32. The summed E-state index contributed by atoms with van der Waals surface area (Å²) in [6.45, 7) is 1.10. The zero-order valence-electron chi connectivity index (χ0n) is 11.6. The smallest absolute Gasteiger partial charge is 0.376 e. The number of anilines is 1. The van der Waals surface area contributed by atoms with Crippen molar-refractivity contribution >= 4 is 17.3 Å². The van der Waals surface area contributed by atoms with Crippen LogP contribution in [0.3, 0.4) is 0 Å². The zero-order chi connectivity index (χ0) is 15.6. The van der Waals surface area contributed by atoms with Gasteiger partial charge in [0.05, 0.1) is 16.7 Å². The lowest BCUT2D eigenvalue weighted by molar-refractivity contribution is -0.141. The van der Waals surface area contributed by atoms with Gasteiger partial charge in [-0.25, -0.2) is 9.97 Å². The zero-order valence-corrected chi connectivity index (χ0v) is 12.4. The molecule has 0 unspecified atom stereocenters. The van der Waals surface area contributed by atoms with Crippen LogP contribution in [0.15, 0.2) is 23.6 Å². The maximum Gasteiger partial charge on any atom is 0.433 e. The second-order valence-corrected chi connectivity index (χ2v) is 5.90. The van der Waals surface area contributed by atoms with Gasteiger partial charge in [0.25, 0.3) is 0 Å². The molecule has 2 aromatic rings. The minimum atomic E-state index is -4.50. The number of ether oxygens (including phenoxy) is 1. The molecule has 118 valence electrons. The fraction of sp³-hybridized carbons (Fsp3) is 0.429. The Bertz CT molecular complexity index is 625. The molecule has 3 rings (SSSR count). The Labute approximate surface area is 129 Å². The highest BCUT2D eigenvalue weighted by Gasteiger charge is 2.34. The predicted molar refractivity (Wildman–Crippen MR) is 77.8 cm³/mol. The molecular weight excluding hydrogens is 315 g/mol. The Morgan fingerprint density at radius 2 is 2.23 bits per heavy atom. The molecule has 1 fully saturated rings. The molecule has 0 aliphatic carbocycles. The Balaban J connectivity index is 1.86. The van der Waals surface area contributed by atoms with E-state index in [0.29, 0.717) is 18.0 Å². The summed E-state index contributed by atoms with van der Waals surface area (Å²) in [4.78, 5) is 8.43. The van der Waals surface area contributed by atoms with Crippen molar-refractivity contribution < 1.29 is 17.9 Å². The number of thiophene rings is 1. The molecule has 3 heterocycles. The quantitative estimate of drug-likeness (QED) is 0.926. The normalized spacial score (nSPS) is 18.6. The molecule has 0 amide bonds. The van der Waals surface area contributed by atoms with Gasteiger partial charge in [-0.3, -0.25) is 0 Å². The van der Waals surface area contributed by atoms with Crippen LogP contribution >= 0.6 is 11.3 Å². The average molecular weight is 329 g/mol. The average Bonchev–Trinajstić information content (AvgIpc) is 3.17. The van der Waals surface area contributed by atoms with Gasteiger partial charge in [-0.15, -0.1) is 11.3 Å². The topological polar surface area (TPSA) is 47.0 Å². The van der Waals surface area contributed by atoms with Crippen molar-refractivity contribution in [3.63, 3.8) is 0 Å². The summed E-state index contributed by atoms with van der Waals surface area (Å²) < 4.78 is 44.4. The molecule has 8 heteroatoms. The SMILES string of the molecule is FC(F)(F)c1cc(-c2cccs2)nc(NC[C@H]2CCCO2)n1. The summed E-state index contributed by atoms with van der Waals surface area (Å²) in [6, 6.07) is 4.48. The molecular formula is C14H14F3N3OS. The van der Waals surface area contributed by atoms with Crippen LogP contribution in [0.4, 0.5) is 19.1 Å². The minimum Gasteiger partial charge on any atom is -0.376 e. The van der Waals surface area contributed by atoms with Crippen LogP contribution < -0.4 is 5.32 Å². The molecule has 1 saturated heterocycles. The lowest BCUT2D eigenvalue weighted by Crippen LogP contribution is -2.21. The Morgan fingerprint density at radius 1 is 1.36 bits per heavy atom. The summed E-state index contributed by atoms with van der Waals surface area (Å²) in [5, 5.41) is 4.65. The molecule has 1 N–H and O–H groups in total. The van der Waals surface area contributed by atoms with Crippen molar-refractivity contribution in [3.8, 4) is 10.6 Å². The van der Waals surface area contributed by atoms with Gasteiger partial charge in [0, 0.05) is 13.2 Å². The standard InChI is InChI=1S/C14H14F3N3OS/c15-14(16,17)12-7-10(11-4-2-6-22-11)19-13(20-12)18-8-9-3-1-5-21-9/h2,4,6-7,9H,1,3,5,8H2,(H,18,19,20)/t9-/m1/s1. The molecule has 1 aliphatic heterocycles. The first-order chi connectivity index (χ1) is 10.5. The van der Waals surface area contributed by atoms with Gasteiger partial charge in [0.1, 0.15) is 0 Å². The van der Waals surface area contributed by atoms with E-state index in [-0.39, 0.29) is 17.7 Å². The second kappa shape index (κ2) is 6.21. The van der Waals surface area contributed by atoms with Crippen molar-refractivity contribution in [2.75, 3.05) is 18.5 Å². The lowest BCUT2D eigenvalue weighted by Gasteiger charge is -2.13. The van der Waals surface area contributed by atoms with E-state index in [4.69, 9.17) is 4.74 Å². The van der Waals surface area contributed by atoms with Crippen LogP contribution in [0.2, 0.25) is 0 Å². The Hall–Kier alpha value is -1.67. The summed E-state index contributed by atoms with van der Waals surface area (Å²) in [6.07, 6.45) is -2.64. The van der Waals surface area contributed by atoms with Gasteiger partial charge in [-0.2, -0.15) is 13.2 Å². The molecule has 0 aromatic carbocycles. The van der Waals surface area contributed by atoms with Crippen LogP contribution in [0.5, 0.6) is 0 Å². The Kier molecular flexibility index (Phi) is 4.30. The summed E-state index contributed by atoms with van der Waals surface area (Å²) in [5.41, 5.74) is -0.673. The van der Waals surface area contributed by atoms with E-state index in [9.17, 15) is 13.2 Å². The molecule has 0 radical (unpaired) electrons. The van der Waals surface area contributed by atoms with E-state index in [1.165, 1.54) is 11.3 Å². The fourth-order valence-electron chi connectivity index (χ4n) is 2.23. The van der Waals surface area contributed by atoms with Crippen LogP contribution in [-0.4, -0.2) is 29.2 Å². The van der Waals surface area contributed by atoms with Gasteiger partial charge in [0.2, 0.25) is 5.95 Å². The highest BCUT2D eigenvalue weighted by atomic mass is 32.1. The largest absolute Gasteiger partial charge is 0.433 e. The highest BCUT2D eigenvalue weighted by molar-refractivity contribution is 7.13. The van der Waals surface area contributed by atoms with Crippen molar-refractivity contribution in [1.82, 2.24) is 9.97 Å². The fourth-order valence-corrected chi connectivity index (χ4v) is 2.92. The van der Waals surface area contributed by atoms with Gasteiger partial charge >= 0.3 is 6.18 Å². The number of halogens is 3. The summed E-state index contributed by atoms with van der Waals surface area (Å²) in [7, 11) is 0. The van der Waals surface area contributed by atoms with Crippen LogP contribution in [0, 0.1) is 0 Å². The van der Waals surface area contributed by atoms with Gasteiger partial charge < -0.3 is 10.1 Å². The first-order valence-corrected chi connectivity index (χ1v) is 7.76. The molecule has 0 bridgehead atoms. The number of aromatic nitrogens is 2. The van der Waals surface area contributed by atoms with Crippen molar-refractivity contribution in [2.24, 2.45) is 0 Å². The van der Waals surface area contributed by atoms with E-state index >= 15 is 0 Å². The molecule has 1 atom stereocenters. The minimum absolute atomic E-state index is 0.00308.